The summed E-state index contributed by atoms with van der Waals surface area (Å²) in [6.07, 6.45) is 1.14. The summed E-state index contributed by atoms with van der Waals surface area (Å²) in [5, 5.41) is 12.6. The molecule has 1 saturated heterocycles. The molecule has 5 rings (SSSR count). The monoisotopic (exact) mass is 559 g/mol. The van der Waals surface area contributed by atoms with Crippen LogP contribution in [0, 0.1) is 0 Å². The average molecular weight is 560 g/mol. The third kappa shape index (κ3) is 5.52. The lowest BCUT2D eigenvalue weighted by molar-refractivity contribution is 0.00578. The van der Waals surface area contributed by atoms with E-state index in [1.54, 1.807) is 12.1 Å². The van der Waals surface area contributed by atoms with Crippen LogP contribution in [-0.2, 0) is 14.0 Å². The summed E-state index contributed by atoms with van der Waals surface area (Å²) < 4.78 is 18.1. The van der Waals surface area contributed by atoms with E-state index in [0.717, 1.165) is 22.3 Å². The van der Waals surface area contributed by atoms with Gasteiger partial charge in [-0.15, -0.1) is 0 Å². The standard InChI is InChI=1S/C31H31BClNO6/c1-30(2)31(3,4)40-32(39-30)21(14-19-13-20(28(35)36)16-22(33)15-19)17-34-29(37)38-18-27-25-11-7-5-9-23(25)24-10-6-8-12-26(24)27/h5-16,27H,17-18H2,1-4H3,(H,34,37)(H,35,36). The number of carboxylic acid groups (broad SMARTS) is 1. The van der Waals surface area contributed by atoms with Crippen molar-refractivity contribution in [3.8, 4) is 11.1 Å². The van der Waals surface area contributed by atoms with E-state index in [-0.39, 0.29) is 29.7 Å². The molecule has 1 aliphatic heterocycles. The minimum absolute atomic E-state index is 0.0523. The van der Waals surface area contributed by atoms with E-state index < -0.39 is 30.4 Å². The van der Waals surface area contributed by atoms with Crippen LogP contribution in [0.2, 0.25) is 5.02 Å². The average Bonchev–Trinajstić information content (AvgIpc) is 3.33. The van der Waals surface area contributed by atoms with Crippen LogP contribution in [0.5, 0.6) is 0 Å². The van der Waals surface area contributed by atoms with E-state index in [4.69, 9.17) is 25.6 Å². The number of rotatable bonds is 7. The smallest absolute Gasteiger partial charge is 0.478 e. The number of amides is 1. The second kappa shape index (κ2) is 10.8. The van der Waals surface area contributed by atoms with Gasteiger partial charge in [-0.2, -0.15) is 0 Å². The summed E-state index contributed by atoms with van der Waals surface area (Å²) >= 11 is 6.19. The molecule has 0 saturated carbocycles. The summed E-state index contributed by atoms with van der Waals surface area (Å²) in [5.74, 6) is -1.15. The highest BCUT2D eigenvalue weighted by Crippen LogP contribution is 2.44. The summed E-state index contributed by atoms with van der Waals surface area (Å²) in [6.45, 7) is 7.99. The first-order valence-corrected chi connectivity index (χ1v) is 13.5. The maximum atomic E-state index is 12.9. The molecule has 206 valence electrons. The number of benzene rings is 3. The van der Waals surface area contributed by atoms with Crippen molar-refractivity contribution in [3.05, 3.63) is 99.5 Å². The fourth-order valence-corrected chi connectivity index (χ4v) is 5.30. The van der Waals surface area contributed by atoms with Crippen LogP contribution in [0.15, 0.2) is 72.2 Å². The minimum atomic E-state index is -1.09. The number of hydrogen-bond acceptors (Lipinski definition) is 5. The van der Waals surface area contributed by atoms with Crippen LogP contribution in [0.3, 0.4) is 0 Å². The number of aromatic carboxylic acids is 1. The quantitative estimate of drug-likeness (QED) is 0.317. The summed E-state index contributed by atoms with van der Waals surface area (Å²) in [7, 11) is -0.772. The summed E-state index contributed by atoms with van der Waals surface area (Å²) in [6, 6.07) is 20.8. The van der Waals surface area contributed by atoms with Gasteiger partial charge >= 0.3 is 19.2 Å². The van der Waals surface area contributed by atoms with Gasteiger partial charge in [-0.1, -0.05) is 66.2 Å². The molecule has 0 radical (unpaired) electrons. The van der Waals surface area contributed by atoms with Crippen molar-refractivity contribution >= 4 is 36.9 Å². The fraction of sp³-hybridized carbons (Fsp3) is 0.290. The predicted molar refractivity (Wildman–Crippen MR) is 156 cm³/mol. The van der Waals surface area contributed by atoms with Gasteiger partial charge in [0.25, 0.3) is 0 Å². The van der Waals surface area contributed by atoms with Crippen molar-refractivity contribution in [2.45, 2.75) is 44.8 Å². The molecule has 0 spiro atoms. The Morgan fingerprint density at radius 1 is 0.975 bits per heavy atom. The van der Waals surface area contributed by atoms with Crippen LogP contribution in [0.1, 0.15) is 60.7 Å². The molecule has 1 fully saturated rings. The highest BCUT2D eigenvalue weighted by atomic mass is 35.5. The number of carbonyl (C=O) groups is 2. The maximum Gasteiger partial charge on any atom is 0.492 e. The molecule has 1 aliphatic carbocycles. The zero-order chi connectivity index (χ0) is 28.7. The Kier molecular flexibility index (Phi) is 7.53. The lowest BCUT2D eigenvalue weighted by Gasteiger charge is -2.32. The Bertz CT molecular complexity index is 1440. The molecule has 2 N–H and O–H groups in total. The van der Waals surface area contributed by atoms with Crippen LogP contribution in [-0.4, -0.2) is 48.6 Å². The van der Waals surface area contributed by atoms with Crippen molar-refractivity contribution in [2.24, 2.45) is 0 Å². The number of ether oxygens (including phenoxy) is 1. The van der Waals surface area contributed by atoms with E-state index in [9.17, 15) is 14.7 Å². The lowest BCUT2D eigenvalue weighted by atomic mass is 9.77. The molecule has 0 bridgehead atoms. The second-order valence-electron chi connectivity index (χ2n) is 11.1. The molecule has 1 heterocycles. The Morgan fingerprint density at radius 3 is 2.12 bits per heavy atom. The molecule has 7 nitrogen and oxygen atoms in total. The minimum Gasteiger partial charge on any atom is -0.478 e. The number of hydrogen-bond donors (Lipinski definition) is 2. The molecule has 3 aromatic rings. The van der Waals surface area contributed by atoms with E-state index in [1.165, 1.54) is 12.1 Å². The number of carbonyl (C=O) groups excluding carboxylic acids is 1. The first-order chi connectivity index (χ1) is 18.9. The molecule has 2 aliphatic rings. The van der Waals surface area contributed by atoms with Crippen LogP contribution >= 0.6 is 11.6 Å². The Hall–Kier alpha value is -3.59. The van der Waals surface area contributed by atoms with Gasteiger partial charge in [0.2, 0.25) is 0 Å². The molecule has 9 heteroatoms. The van der Waals surface area contributed by atoms with Crippen LogP contribution in [0.4, 0.5) is 4.79 Å². The molecular weight excluding hydrogens is 529 g/mol. The molecule has 0 unspecified atom stereocenters. The van der Waals surface area contributed by atoms with Crippen molar-refractivity contribution in [2.75, 3.05) is 13.2 Å². The SMILES string of the molecule is CC1(C)OB(C(=Cc2cc(Cl)cc(C(=O)O)c2)CNC(=O)OCC2c3ccccc3-c3ccccc32)OC1(C)C. The van der Waals surface area contributed by atoms with Gasteiger partial charge in [-0.05, 0) is 79.2 Å². The third-order valence-electron chi connectivity index (χ3n) is 7.86. The highest BCUT2D eigenvalue weighted by Gasteiger charge is 2.52. The predicted octanol–water partition coefficient (Wildman–Crippen LogP) is 6.59. The number of carboxylic acids is 1. The van der Waals surface area contributed by atoms with Gasteiger partial charge in [0.15, 0.2) is 0 Å². The number of nitrogens with one attached hydrogen (secondary N) is 1. The van der Waals surface area contributed by atoms with Gasteiger partial charge in [0.05, 0.1) is 16.8 Å². The third-order valence-corrected chi connectivity index (χ3v) is 8.07. The van der Waals surface area contributed by atoms with Crippen LogP contribution < -0.4 is 5.32 Å². The Labute approximate surface area is 239 Å². The largest absolute Gasteiger partial charge is 0.492 e. The van der Waals surface area contributed by atoms with Crippen molar-refractivity contribution in [1.29, 1.82) is 0 Å². The van der Waals surface area contributed by atoms with Crippen molar-refractivity contribution in [3.63, 3.8) is 0 Å². The molecular formula is C31H31BClNO6. The molecule has 1 amide bonds. The van der Waals surface area contributed by atoms with Crippen LogP contribution in [0.25, 0.3) is 17.2 Å². The lowest BCUT2D eigenvalue weighted by Crippen LogP contribution is -2.41. The number of halogens is 1. The summed E-state index contributed by atoms with van der Waals surface area (Å²) in [4.78, 5) is 24.5. The topological polar surface area (TPSA) is 94.1 Å². The molecule has 0 aromatic heterocycles. The number of fused-ring (bicyclic) bond motifs is 3. The fourth-order valence-electron chi connectivity index (χ4n) is 5.05. The molecule has 40 heavy (non-hydrogen) atoms. The van der Waals surface area contributed by atoms with E-state index in [2.05, 4.69) is 29.6 Å². The van der Waals surface area contributed by atoms with Gasteiger partial charge in [-0.3, -0.25) is 0 Å². The van der Waals surface area contributed by atoms with Gasteiger partial charge < -0.3 is 24.5 Å². The molecule has 3 aromatic carbocycles. The first-order valence-electron chi connectivity index (χ1n) is 13.1. The van der Waals surface area contributed by atoms with Gasteiger partial charge in [-0.25, -0.2) is 9.59 Å². The first kappa shape index (κ1) is 28.0. The second-order valence-corrected chi connectivity index (χ2v) is 11.5. The van der Waals surface area contributed by atoms with Gasteiger partial charge in [0.1, 0.15) is 6.61 Å². The Morgan fingerprint density at radius 2 is 1.55 bits per heavy atom. The molecule has 0 atom stereocenters. The van der Waals surface area contributed by atoms with E-state index in [1.807, 2.05) is 52.0 Å². The van der Waals surface area contributed by atoms with Crippen molar-refractivity contribution < 1.29 is 28.7 Å². The van der Waals surface area contributed by atoms with E-state index in [0.29, 0.717) is 11.0 Å². The highest BCUT2D eigenvalue weighted by molar-refractivity contribution is 6.56. The zero-order valence-electron chi connectivity index (χ0n) is 22.9. The normalized spacial score (nSPS) is 17.3. The summed E-state index contributed by atoms with van der Waals surface area (Å²) in [5.41, 5.74) is 4.53. The maximum absolute atomic E-state index is 12.9. The Balaban J connectivity index is 1.33. The van der Waals surface area contributed by atoms with E-state index >= 15 is 0 Å². The number of alkyl carbamates (subject to hydrolysis) is 1. The van der Waals surface area contributed by atoms with Crippen molar-refractivity contribution in [1.82, 2.24) is 5.32 Å². The zero-order valence-corrected chi connectivity index (χ0v) is 23.6. The van der Waals surface area contributed by atoms with Gasteiger partial charge in [0, 0.05) is 17.5 Å².